The molecule has 1 fully saturated rings. The summed E-state index contributed by atoms with van der Waals surface area (Å²) in [4.78, 5) is 13.2. The van der Waals surface area contributed by atoms with E-state index in [0.717, 1.165) is 37.7 Å². The third-order valence-corrected chi connectivity index (χ3v) is 4.73. The van der Waals surface area contributed by atoms with Crippen molar-refractivity contribution in [2.45, 2.75) is 0 Å². The summed E-state index contributed by atoms with van der Waals surface area (Å²) < 4.78 is 5.41. The number of para-hydroxylation sites is 1. The predicted molar refractivity (Wildman–Crippen MR) is 119 cm³/mol. The number of nitrogens with zero attached hydrogens (tertiary/aromatic N) is 4. The zero-order valence-corrected chi connectivity index (χ0v) is 16.2. The van der Waals surface area contributed by atoms with E-state index in [2.05, 4.69) is 38.9 Å². The lowest BCUT2D eigenvalue weighted by molar-refractivity contribution is 0.122. The first-order chi connectivity index (χ1) is 14.2. The number of ether oxygens (including phenoxy) is 1. The van der Waals surface area contributed by atoms with Gasteiger partial charge in [0.05, 0.1) is 13.2 Å². The van der Waals surface area contributed by atoms with Gasteiger partial charge >= 0.3 is 0 Å². The Kier molecular flexibility index (Phi) is 5.58. The maximum Gasteiger partial charge on any atom is 0.168 e. The van der Waals surface area contributed by atoms with Crippen LogP contribution in [0.15, 0.2) is 88.9 Å². The molecule has 0 saturated carbocycles. The number of morpholine rings is 1. The quantitative estimate of drug-likeness (QED) is 0.823. The summed E-state index contributed by atoms with van der Waals surface area (Å²) in [6, 6.07) is 18.1. The summed E-state index contributed by atoms with van der Waals surface area (Å²) >= 11 is 0. The number of benzene rings is 2. The third kappa shape index (κ3) is 4.30. The highest BCUT2D eigenvalue weighted by molar-refractivity contribution is 6.23. The molecule has 148 valence electrons. The molecule has 0 spiro atoms. The Labute approximate surface area is 170 Å². The standard InChI is InChI=1S/C22H24N6O/c1-17(25-18-7-9-19(10-8-18)27-11-13-29-14-12-27)26-22-21(15-23)24-16-28(22)20-5-3-2-4-6-20/h2-10,15-16,25H,1,11-14,23H2/b21-15+,26-22+. The van der Waals surface area contributed by atoms with Crippen LogP contribution >= 0.6 is 0 Å². The van der Waals surface area contributed by atoms with Gasteiger partial charge in [-0.15, -0.1) is 0 Å². The second kappa shape index (κ2) is 8.62. The van der Waals surface area contributed by atoms with Crippen molar-refractivity contribution in [2.24, 2.45) is 15.7 Å². The molecular formula is C22H24N6O. The normalized spacial score (nSPS) is 19.2. The molecular weight excluding hydrogens is 364 g/mol. The summed E-state index contributed by atoms with van der Waals surface area (Å²) in [7, 11) is 0. The van der Waals surface area contributed by atoms with Crippen LogP contribution in [0.4, 0.5) is 17.1 Å². The topological polar surface area (TPSA) is 78.5 Å². The molecule has 7 heteroatoms. The van der Waals surface area contributed by atoms with Crippen LogP contribution in [-0.2, 0) is 4.74 Å². The molecule has 0 aliphatic carbocycles. The molecule has 0 radical (unpaired) electrons. The highest BCUT2D eigenvalue weighted by atomic mass is 16.5. The monoisotopic (exact) mass is 388 g/mol. The molecule has 0 atom stereocenters. The number of nitrogens with two attached hydrogens (primary N) is 1. The van der Waals surface area contributed by atoms with Crippen molar-refractivity contribution < 1.29 is 4.74 Å². The number of anilines is 3. The fourth-order valence-corrected chi connectivity index (χ4v) is 3.26. The lowest BCUT2D eigenvalue weighted by Gasteiger charge is -2.28. The zero-order valence-electron chi connectivity index (χ0n) is 16.2. The number of amidine groups is 1. The van der Waals surface area contributed by atoms with E-state index in [4.69, 9.17) is 10.5 Å². The summed E-state index contributed by atoms with van der Waals surface area (Å²) in [6.07, 6.45) is 3.15. The van der Waals surface area contributed by atoms with Gasteiger partial charge in [-0.2, -0.15) is 0 Å². The molecule has 2 heterocycles. The molecule has 2 aliphatic heterocycles. The van der Waals surface area contributed by atoms with Gasteiger partial charge in [0.25, 0.3) is 0 Å². The SMILES string of the molecule is C=C(/N=C1\C(=C/N)N=CN1c1ccccc1)Nc1ccc(N2CCOCC2)cc1. The van der Waals surface area contributed by atoms with Gasteiger partial charge in [-0.25, -0.2) is 9.98 Å². The number of aliphatic imine (C=N–C) groups is 2. The van der Waals surface area contributed by atoms with E-state index < -0.39 is 0 Å². The first kappa shape index (κ1) is 18.8. The minimum atomic E-state index is 0.505. The van der Waals surface area contributed by atoms with Gasteiger partial charge in [0.2, 0.25) is 0 Å². The maximum absolute atomic E-state index is 5.73. The van der Waals surface area contributed by atoms with Gasteiger partial charge in [0, 0.05) is 36.4 Å². The van der Waals surface area contributed by atoms with Crippen molar-refractivity contribution >= 4 is 29.2 Å². The van der Waals surface area contributed by atoms with Crippen LogP contribution in [0.25, 0.3) is 0 Å². The fourth-order valence-electron chi connectivity index (χ4n) is 3.26. The van der Waals surface area contributed by atoms with Crippen molar-refractivity contribution in [3.05, 3.63) is 78.9 Å². The van der Waals surface area contributed by atoms with E-state index in [1.54, 1.807) is 6.34 Å². The summed E-state index contributed by atoms with van der Waals surface area (Å²) in [6.45, 7) is 7.41. The van der Waals surface area contributed by atoms with E-state index in [1.165, 1.54) is 11.9 Å². The third-order valence-electron chi connectivity index (χ3n) is 4.73. The van der Waals surface area contributed by atoms with Gasteiger partial charge < -0.3 is 20.7 Å². The van der Waals surface area contributed by atoms with E-state index >= 15 is 0 Å². The fraction of sp³-hybridized carbons (Fsp3) is 0.182. The van der Waals surface area contributed by atoms with Gasteiger partial charge in [0.1, 0.15) is 17.9 Å². The van der Waals surface area contributed by atoms with Gasteiger partial charge in [-0.3, -0.25) is 4.90 Å². The molecule has 2 aromatic carbocycles. The molecule has 4 rings (SSSR count). The van der Waals surface area contributed by atoms with Gasteiger partial charge in [-0.1, -0.05) is 24.8 Å². The second-order valence-corrected chi connectivity index (χ2v) is 6.66. The summed E-state index contributed by atoms with van der Waals surface area (Å²) in [5.74, 6) is 1.13. The van der Waals surface area contributed by atoms with Crippen LogP contribution in [-0.4, -0.2) is 38.5 Å². The average molecular weight is 388 g/mol. The minimum Gasteiger partial charge on any atom is -0.403 e. The highest BCUT2D eigenvalue weighted by Gasteiger charge is 2.22. The Hall–Kier alpha value is -3.58. The predicted octanol–water partition coefficient (Wildman–Crippen LogP) is 3.15. The first-order valence-corrected chi connectivity index (χ1v) is 9.53. The van der Waals surface area contributed by atoms with E-state index in [0.29, 0.717) is 17.4 Å². The number of rotatable bonds is 5. The summed E-state index contributed by atoms with van der Waals surface area (Å²) in [5.41, 5.74) is 9.38. The highest BCUT2D eigenvalue weighted by Crippen LogP contribution is 2.23. The number of nitrogens with one attached hydrogen (secondary N) is 1. The van der Waals surface area contributed by atoms with Gasteiger partial charge in [0.15, 0.2) is 5.84 Å². The number of hydrogen-bond acceptors (Lipinski definition) is 6. The largest absolute Gasteiger partial charge is 0.403 e. The molecule has 0 amide bonds. The Morgan fingerprint density at radius 1 is 1.07 bits per heavy atom. The molecule has 0 bridgehead atoms. The molecule has 2 aromatic rings. The smallest absolute Gasteiger partial charge is 0.168 e. The molecule has 2 aliphatic rings. The zero-order chi connectivity index (χ0) is 20.1. The lowest BCUT2D eigenvalue weighted by atomic mass is 10.2. The van der Waals surface area contributed by atoms with E-state index in [9.17, 15) is 0 Å². The van der Waals surface area contributed by atoms with Crippen molar-refractivity contribution in [3.8, 4) is 0 Å². The second-order valence-electron chi connectivity index (χ2n) is 6.66. The van der Waals surface area contributed by atoms with Crippen molar-refractivity contribution in [1.82, 2.24) is 0 Å². The molecule has 3 N–H and O–H groups in total. The van der Waals surface area contributed by atoms with E-state index in [-0.39, 0.29) is 0 Å². The Bertz CT molecular complexity index is 943. The Balaban J connectivity index is 1.48. The molecule has 0 aromatic heterocycles. The van der Waals surface area contributed by atoms with Crippen molar-refractivity contribution in [1.29, 1.82) is 0 Å². The Morgan fingerprint density at radius 2 is 1.79 bits per heavy atom. The number of hydrogen-bond donors (Lipinski definition) is 2. The lowest BCUT2D eigenvalue weighted by Crippen LogP contribution is -2.36. The van der Waals surface area contributed by atoms with Crippen LogP contribution in [0.3, 0.4) is 0 Å². The van der Waals surface area contributed by atoms with Crippen LogP contribution in [0, 0.1) is 0 Å². The van der Waals surface area contributed by atoms with Gasteiger partial charge in [-0.05, 0) is 36.4 Å². The molecule has 1 saturated heterocycles. The van der Waals surface area contributed by atoms with E-state index in [1.807, 2.05) is 47.4 Å². The Morgan fingerprint density at radius 3 is 2.48 bits per heavy atom. The summed E-state index contributed by atoms with van der Waals surface area (Å²) in [5, 5.41) is 3.24. The van der Waals surface area contributed by atoms with Crippen LogP contribution in [0.1, 0.15) is 0 Å². The molecule has 0 unspecified atom stereocenters. The minimum absolute atomic E-state index is 0.505. The molecule has 7 nitrogen and oxygen atoms in total. The maximum atomic E-state index is 5.73. The van der Waals surface area contributed by atoms with Crippen molar-refractivity contribution in [3.63, 3.8) is 0 Å². The average Bonchev–Trinajstić information content (AvgIpc) is 3.18. The van der Waals surface area contributed by atoms with Crippen LogP contribution in [0.5, 0.6) is 0 Å². The first-order valence-electron chi connectivity index (χ1n) is 9.53. The molecule has 29 heavy (non-hydrogen) atoms. The van der Waals surface area contributed by atoms with Crippen LogP contribution < -0.4 is 20.9 Å². The van der Waals surface area contributed by atoms with Crippen LogP contribution in [0.2, 0.25) is 0 Å². The van der Waals surface area contributed by atoms with Crippen molar-refractivity contribution in [2.75, 3.05) is 41.4 Å².